The number of hydrogen-bond donors (Lipinski definition) is 0. The molecule has 0 nitrogen and oxygen atoms in total. The lowest BCUT2D eigenvalue weighted by Crippen LogP contribution is -2.06. The van der Waals surface area contributed by atoms with Crippen LogP contribution in [0.2, 0.25) is 0 Å². The van der Waals surface area contributed by atoms with Gasteiger partial charge in [-0.1, -0.05) is 42.9 Å². The fraction of sp³-hybridized carbons (Fsp3) is 0.429. The summed E-state index contributed by atoms with van der Waals surface area (Å²) in [6.07, 6.45) is 15.0. The number of allylic oxidation sites excluding steroid dienone is 8. The van der Waals surface area contributed by atoms with Gasteiger partial charge in [0.25, 0.3) is 0 Å². The Hall–Kier alpha value is -1.04. The maximum absolute atomic E-state index is 2.32. The molecule has 2 aliphatic carbocycles. The lowest BCUT2D eigenvalue weighted by molar-refractivity contribution is 0.681. The first kappa shape index (κ1) is 9.51. The van der Waals surface area contributed by atoms with E-state index in [2.05, 4.69) is 44.2 Å². The average molecular weight is 186 g/mol. The zero-order valence-electron chi connectivity index (χ0n) is 9.09. The highest BCUT2D eigenvalue weighted by atomic mass is 14.2. The standard InChI is InChI=1S/C14H18/c1-11-7-9-13(10-8-11)14-6-4-3-5-12(14)2/h3-4,6-7,9,12H,5,8,10H2,1-2H3/t12-/m1/s1. The summed E-state index contributed by atoms with van der Waals surface area (Å²) in [6.45, 7) is 4.53. The van der Waals surface area contributed by atoms with Crippen LogP contribution >= 0.6 is 0 Å². The molecule has 0 saturated carbocycles. The van der Waals surface area contributed by atoms with Crippen molar-refractivity contribution in [1.82, 2.24) is 0 Å². The van der Waals surface area contributed by atoms with Crippen LogP contribution in [0.4, 0.5) is 0 Å². The third kappa shape index (κ3) is 1.89. The van der Waals surface area contributed by atoms with Crippen molar-refractivity contribution in [1.29, 1.82) is 0 Å². The highest BCUT2D eigenvalue weighted by molar-refractivity contribution is 5.42. The van der Waals surface area contributed by atoms with Crippen LogP contribution < -0.4 is 0 Å². The quantitative estimate of drug-likeness (QED) is 0.576. The molecule has 0 aromatic rings. The van der Waals surface area contributed by atoms with E-state index in [1.807, 2.05) is 0 Å². The molecule has 2 aliphatic rings. The molecule has 2 rings (SSSR count). The van der Waals surface area contributed by atoms with Gasteiger partial charge in [0.2, 0.25) is 0 Å². The SMILES string of the molecule is CC1=CC=C(C2=CC=CC[C@H]2C)CC1. The second-order valence-corrected chi connectivity index (χ2v) is 4.39. The van der Waals surface area contributed by atoms with Crippen molar-refractivity contribution in [2.45, 2.75) is 33.1 Å². The van der Waals surface area contributed by atoms with Crippen molar-refractivity contribution in [2.75, 3.05) is 0 Å². The molecule has 0 spiro atoms. The lowest BCUT2D eigenvalue weighted by Gasteiger charge is -2.22. The summed E-state index contributed by atoms with van der Waals surface area (Å²) < 4.78 is 0. The van der Waals surface area contributed by atoms with E-state index in [1.165, 1.54) is 24.8 Å². The topological polar surface area (TPSA) is 0 Å². The Morgan fingerprint density at radius 2 is 2.00 bits per heavy atom. The summed E-state index contributed by atoms with van der Waals surface area (Å²) >= 11 is 0. The van der Waals surface area contributed by atoms with Gasteiger partial charge in [-0.3, -0.25) is 0 Å². The highest BCUT2D eigenvalue weighted by Crippen LogP contribution is 2.31. The third-order valence-electron chi connectivity index (χ3n) is 3.16. The minimum atomic E-state index is 0.707. The first-order chi connectivity index (χ1) is 6.77. The molecule has 0 radical (unpaired) electrons. The first-order valence-electron chi connectivity index (χ1n) is 5.51. The molecular weight excluding hydrogens is 168 g/mol. The molecule has 1 atom stereocenters. The van der Waals surface area contributed by atoms with Gasteiger partial charge in [-0.2, -0.15) is 0 Å². The Morgan fingerprint density at radius 1 is 1.14 bits per heavy atom. The molecule has 0 amide bonds. The fourth-order valence-electron chi connectivity index (χ4n) is 2.15. The Morgan fingerprint density at radius 3 is 2.64 bits per heavy atom. The van der Waals surface area contributed by atoms with E-state index >= 15 is 0 Å². The van der Waals surface area contributed by atoms with E-state index in [-0.39, 0.29) is 0 Å². The molecular formula is C14H18. The molecule has 0 heterocycles. The van der Waals surface area contributed by atoms with E-state index in [0.717, 1.165) is 0 Å². The maximum atomic E-state index is 2.32. The van der Waals surface area contributed by atoms with Crippen molar-refractivity contribution in [2.24, 2.45) is 5.92 Å². The second-order valence-electron chi connectivity index (χ2n) is 4.39. The van der Waals surface area contributed by atoms with Gasteiger partial charge >= 0.3 is 0 Å². The van der Waals surface area contributed by atoms with Gasteiger partial charge in [0.15, 0.2) is 0 Å². The van der Waals surface area contributed by atoms with E-state index in [1.54, 1.807) is 11.1 Å². The number of rotatable bonds is 1. The van der Waals surface area contributed by atoms with Crippen LogP contribution in [0.5, 0.6) is 0 Å². The maximum Gasteiger partial charge on any atom is -0.0153 e. The fourth-order valence-corrected chi connectivity index (χ4v) is 2.15. The summed E-state index contributed by atoms with van der Waals surface area (Å²) in [5.41, 5.74) is 4.61. The van der Waals surface area contributed by atoms with Gasteiger partial charge in [0.05, 0.1) is 0 Å². The molecule has 0 aromatic carbocycles. The molecule has 0 aliphatic heterocycles. The Balaban J connectivity index is 2.23. The summed E-state index contributed by atoms with van der Waals surface area (Å²) in [4.78, 5) is 0. The smallest absolute Gasteiger partial charge is 0.0153 e. The predicted octanol–water partition coefficient (Wildman–Crippen LogP) is 4.18. The van der Waals surface area contributed by atoms with Gasteiger partial charge in [0, 0.05) is 0 Å². The Bertz CT molecular complexity index is 337. The normalized spacial score (nSPS) is 26.7. The van der Waals surface area contributed by atoms with Crippen LogP contribution in [-0.2, 0) is 0 Å². The minimum absolute atomic E-state index is 0.707. The zero-order chi connectivity index (χ0) is 9.97. The van der Waals surface area contributed by atoms with Crippen LogP contribution in [0.1, 0.15) is 33.1 Å². The monoisotopic (exact) mass is 186 g/mol. The van der Waals surface area contributed by atoms with E-state index < -0.39 is 0 Å². The van der Waals surface area contributed by atoms with Crippen molar-refractivity contribution in [3.05, 3.63) is 47.1 Å². The largest absolute Gasteiger partial charge is 0.0839 e. The summed E-state index contributed by atoms with van der Waals surface area (Å²) in [5, 5.41) is 0. The van der Waals surface area contributed by atoms with Crippen LogP contribution in [0.3, 0.4) is 0 Å². The Kier molecular flexibility index (Phi) is 2.72. The molecule has 0 saturated heterocycles. The summed E-state index contributed by atoms with van der Waals surface area (Å²) in [5.74, 6) is 0.707. The molecule has 0 heteroatoms. The minimum Gasteiger partial charge on any atom is -0.0839 e. The lowest BCUT2D eigenvalue weighted by atomic mass is 9.83. The molecule has 14 heavy (non-hydrogen) atoms. The van der Waals surface area contributed by atoms with E-state index in [0.29, 0.717) is 5.92 Å². The number of hydrogen-bond acceptors (Lipinski definition) is 0. The third-order valence-corrected chi connectivity index (χ3v) is 3.16. The van der Waals surface area contributed by atoms with Gasteiger partial charge in [-0.05, 0) is 43.3 Å². The molecule has 0 bridgehead atoms. The molecule has 0 N–H and O–H groups in total. The van der Waals surface area contributed by atoms with Gasteiger partial charge in [-0.25, -0.2) is 0 Å². The molecule has 0 aromatic heterocycles. The van der Waals surface area contributed by atoms with Crippen molar-refractivity contribution < 1.29 is 0 Å². The van der Waals surface area contributed by atoms with Crippen molar-refractivity contribution in [3.63, 3.8) is 0 Å². The first-order valence-corrected chi connectivity index (χ1v) is 5.51. The molecule has 0 fully saturated rings. The van der Waals surface area contributed by atoms with Gasteiger partial charge < -0.3 is 0 Å². The van der Waals surface area contributed by atoms with Crippen LogP contribution in [-0.4, -0.2) is 0 Å². The molecule has 74 valence electrons. The summed E-state index contributed by atoms with van der Waals surface area (Å²) in [7, 11) is 0. The highest BCUT2D eigenvalue weighted by Gasteiger charge is 2.15. The second kappa shape index (κ2) is 4.00. The van der Waals surface area contributed by atoms with Crippen molar-refractivity contribution in [3.8, 4) is 0 Å². The van der Waals surface area contributed by atoms with Crippen LogP contribution in [0.15, 0.2) is 47.1 Å². The molecule has 0 unspecified atom stereocenters. The zero-order valence-corrected chi connectivity index (χ0v) is 9.09. The van der Waals surface area contributed by atoms with E-state index in [9.17, 15) is 0 Å². The van der Waals surface area contributed by atoms with Gasteiger partial charge in [-0.15, -0.1) is 0 Å². The van der Waals surface area contributed by atoms with Crippen LogP contribution in [0.25, 0.3) is 0 Å². The van der Waals surface area contributed by atoms with Crippen LogP contribution in [0, 0.1) is 5.92 Å². The van der Waals surface area contributed by atoms with Crippen molar-refractivity contribution >= 4 is 0 Å². The summed E-state index contributed by atoms with van der Waals surface area (Å²) in [6, 6.07) is 0. The predicted molar refractivity (Wildman–Crippen MR) is 62.1 cm³/mol. The average Bonchev–Trinajstić information content (AvgIpc) is 2.20. The van der Waals surface area contributed by atoms with E-state index in [4.69, 9.17) is 0 Å². The Labute approximate surface area is 86.7 Å². The van der Waals surface area contributed by atoms with Gasteiger partial charge in [0.1, 0.15) is 0 Å².